The van der Waals surface area contributed by atoms with Crippen molar-refractivity contribution in [2.24, 2.45) is 0 Å². The van der Waals surface area contributed by atoms with Crippen LogP contribution in [0.25, 0.3) is 29.7 Å². The smallest absolute Gasteiger partial charge is 0.280 e. The number of nitrogens with one attached hydrogen (secondary N) is 1. The van der Waals surface area contributed by atoms with Crippen LogP contribution in [0.5, 0.6) is 0 Å². The fourth-order valence-electron chi connectivity index (χ4n) is 3.28. The summed E-state index contributed by atoms with van der Waals surface area (Å²) in [4.78, 5) is 23.9. The van der Waals surface area contributed by atoms with Crippen molar-refractivity contribution >= 4 is 29.9 Å². The molecule has 0 radical (unpaired) electrons. The van der Waals surface area contributed by atoms with E-state index in [1.165, 1.54) is 10.7 Å². The lowest BCUT2D eigenvalue weighted by Crippen LogP contribution is -2.33. The zero-order valence-electron chi connectivity index (χ0n) is 16.8. The molecule has 0 saturated heterocycles. The minimum absolute atomic E-state index is 0.0337. The highest BCUT2D eigenvalue weighted by Gasteiger charge is 2.19. The van der Waals surface area contributed by atoms with Crippen LogP contribution in [0.15, 0.2) is 57.7 Å². The molecule has 0 bridgehead atoms. The first-order valence-electron chi connectivity index (χ1n) is 9.38. The van der Waals surface area contributed by atoms with Crippen molar-refractivity contribution in [2.45, 2.75) is 13.8 Å². The Kier molecular flexibility index (Phi) is 5.12. The first-order valence-corrected chi connectivity index (χ1v) is 9.76. The SMILES string of the molecule is C=c1[nH]n(-c2ccc(Cl)cc2)c(=O)c1=Cc1ccc(-c2cc(C)c(C)cc2[N+](=O)[O-])o1. The van der Waals surface area contributed by atoms with Gasteiger partial charge >= 0.3 is 0 Å². The minimum Gasteiger partial charge on any atom is -0.456 e. The molecule has 0 spiro atoms. The van der Waals surface area contributed by atoms with Crippen molar-refractivity contribution in [1.29, 1.82) is 0 Å². The normalized spacial score (nSPS) is 11.8. The van der Waals surface area contributed by atoms with Gasteiger partial charge in [-0.25, -0.2) is 4.68 Å². The highest BCUT2D eigenvalue weighted by molar-refractivity contribution is 6.30. The van der Waals surface area contributed by atoms with Crippen LogP contribution in [0.4, 0.5) is 5.69 Å². The second kappa shape index (κ2) is 7.77. The molecule has 0 aliphatic heterocycles. The number of aromatic nitrogens is 2. The molecular weight excluding hydrogens is 418 g/mol. The van der Waals surface area contributed by atoms with Crippen molar-refractivity contribution in [3.63, 3.8) is 0 Å². The summed E-state index contributed by atoms with van der Waals surface area (Å²) < 4.78 is 7.20. The molecule has 0 amide bonds. The van der Waals surface area contributed by atoms with Crippen LogP contribution in [0, 0.1) is 24.0 Å². The maximum absolute atomic E-state index is 12.9. The van der Waals surface area contributed by atoms with Gasteiger partial charge in [0.1, 0.15) is 11.5 Å². The first kappa shape index (κ1) is 20.4. The Balaban J connectivity index is 1.80. The molecule has 0 aliphatic carbocycles. The second-order valence-corrected chi connectivity index (χ2v) is 7.61. The van der Waals surface area contributed by atoms with Gasteiger partial charge in [0.15, 0.2) is 0 Å². The van der Waals surface area contributed by atoms with Gasteiger partial charge in [0.25, 0.3) is 11.2 Å². The maximum Gasteiger partial charge on any atom is 0.280 e. The molecular formula is C23H18ClN3O4. The lowest BCUT2D eigenvalue weighted by molar-refractivity contribution is -0.384. The van der Waals surface area contributed by atoms with Gasteiger partial charge < -0.3 is 4.42 Å². The van der Waals surface area contributed by atoms with E-state index >= 15 is 0 Å². The molecule has 156 valence electrons. The molecule has 0 fully saturated rings. The van der Waals surface area contributed by atoms with E-state index < -0.39 is 4.92 Å². The molecule has 4 rings (SSSR count). The standard InChI is InChI=1S/C23H18ClN3O4/c1-13-10-20(21(27(29)30)11-14(13)2)22-9-8-18(31-22)12-19-15(3)25-26(23(19)28)17-6-4-16(24)5-7-17/h4-12,25H,3H2,1-2H3. The van der Waals surface area contributed by atoms with Gasteiger partial charge in [-0.15, -0.1) is 0 Å². The zero-order valence-corrected chi connectivity index (χ0v) is 17.6. The van der Waals surface area contributed by atoms with Crippen molar-refractivity contribution in [3.8, 4) is 17.0 Å². The molecule has 0 unspecified atom stereocenters. The lowest BCUT2D eigenvalue weighted by Gasteiger charge is -2.04. The number of rotatable bonds is 4. The average molecular weight is 436 g/mol. The van der Waals surface area contributed by atoms with Gasteiger partial charge in [0.2, 0.25) is 0 Å². The Bertz CT molecular complexity index is 1480. The highest BCUT2D eigenvalue weighted by Crippen LogP contribution is 2.33. The molecule has 4 aromatic rings. The summed E-state index contributed by atoms with van der Waals surface area (Å²) in [6.07, 6.45) is 1.56. The quantitative estimate of drug-likeness (QED) is 0.389. The average Bonchev–Trinajstić information content (AvgIpc) is 3.30. The molecule has 0 saturated carbocycles. The second-order valence-electron chi connectivity index (χ2n) is 7.18. The van der Waals surface area contributed by atoms with Crippen LogP contribution < -0.4 is 16.1 Å². The number of hydrogen-bond donors (Lipinski definition) is 1. The highest BCUT2D eigenvalue weighted by atomic mass is 35.5. The molecule has 0 atom stereocenters. The van der Waals surface area contributed by atoms with Gasteiger partial charge in [0.05, 0.1) is 26.7 Å². The summed E-state index contributed by atoms with van der Waals surface area (Å²) >= 11 is 5.91. The van der Waals surface area contributed by atoms with E-state index in [2.05, 4.69) is 11.7 Å². The van der Waals surface area contributed by atoms with Gasteiger partial charge in [-0.05, 0) is 73.5 Å². The van der Waals surface area contributed by atoms with Crippen molar-refractivity contribution in [2.75, 3.05) is 0 Å². The first-order chi connectivity index (χ1) is 14.7. The minimum atomic E-state index is -0.432. The Morgan fingerprint density at radius 1 is 1.13 bits per heavy atom. The molecule has 31 heavy (non-hydrogen) atoms. The number of benzene rings is 2. The largest absolute Gasteiger partial charge is 0.456 e. The summed E-state index contributed by atoms with van der Waals surface area (Å²) in [5.41, 5.74) is 2.40. The summed E-state index contributed by atoms with van der Waals surface area (Å²) in [6.45, 7) is 7.60. The van der Waals surface area contributed by atoms with Crippen molar-refractivity contribution < 1.29 is 9.34 Å². The number of aromatic amines is 1. The predicted octanol–water partition coefficient (Wildman–Crippen LogP) is 3.84. The van der Waals surface area contributed by atoms with E-state index in [4.69, 9.17) is 16.0 Å². The monoisotopic (exact) mass is 435 g/mol. The molecule has 1 N–H and O–H groups in total. The van der Waals surface area contributed by atoms with Crippen LogP contribution in [0.1, 0.15) is 16.9 Å². The molecule has 2 aromatic carbocycles. The number of hydrogen-bond acceptors (Lipinski definition) is 4. The third-order valence-corrected chi connectivity index (χ3v) is 5.33. The summed E-state index contributed by atoms with van der Waals surface area (Å²) in [6, 6.07) is 13.4. The maximum atomic E-state index is 12.9. The summed E-state index contributed by atoms with van der Waals surface area (Å²) in [5, 5.41) is 15.7. The van der Waals surface area contributed by atoms with Crippen LogP contribution >= 0.6 is 11.6 Å². The number of H-pyrrole nitrogens is 1. The lowest BCUT2D eigenvalue weighted by atomic mass is 10.0. The zero-order chi connectivity index (χ0) is 22.3. The number of nitro benzene ring substituents is 1. The summed E-state index contributed by atoms with van der Waals surface area (Å²) in [7, 11) is 0. The van der Waals surface area contributed by atoms with E-state index in [9.17, 15) is 14.9 Å². The van der Waals surface area contributed by atoms with Gasteiger partial charge in [-0.3, -0.25) is 20.0 Å². The fraction of sp³-hybridized carbons (Fsp3) is 0.0870. The van der Waals surface area contributed by atoms with E-state index in [0.717, 1.165) is 11.1 Å². The molecule has 2 heterocycles. The van der Waals surface area contributed by atoms with Crippen LogP contribution in [0.2, 0.25) is 5.02 Å². The predicted molar refractivity (Wildman–Crippen MR) is 120 cm³/mol. The van der Waals surface area contributed by atoms with E-state index in [1.54, 1.807) is 48.5 Å². The van der Waals surface area contributed by atoms with Gasteiger partial charge in [0, 0.05) is 11.1 Å². The van der Waals surface area contributed by atoms with E-state index in [0.29, 0.717) is 38.4 Å². The fourth-order valence-corrected chi connectivity index (χ4v) is 3.41. The summed E-state index contributed by atoms with van der Waals surface area (Å²) in [5.74, 6) is 0.729. The number of aryl methyl sites for hydroxylation is 2. The van der Waals surface area contributed by atoms with Gasteiger partial charge in [-0.1, -0.05) is 18.2 Å². The number of nitro groups is 1. The van der Waals surface area contributed by atoms with Crippen LogP contribution in [-0.2, 0) is 0 Å². The van der Waals surface area contributed by atoms with E-state index in [-0.39, 0.29) is 11.2 Å². The number of halogens is 1. The Hall–Kier alpha value is -3.84. The third kappa shape index (κ3) is 3.83. The Labute approximate surface area is 181 Å². The van der Waals surface area contributed by atoms with Crippen LogP contribution in [0.3, 0.4) is 0 Å². The van der Waals surface area contributed by atoms with Crippen molar-refractivity contribution in [3.05, 3.63) is 101 Å². The Morgan fingerprint density at radius 3 is 2.48 bits per heavy atom. The molecule has 2 aromatic heterocycles. The topological polar surface area (TPSA) is 94.1 Å². The third-order valence-electron chi connectivity index (χ3n) is 5.08. The number of furan rings is 1. The van der Waals surface area contributed by atoms with Crippen LogP contribution in [-0.4, -0.2) is 14.7 Å². The molecule has 0 aliphatic rings. The molecule has 8 heteroatoms. The van der Waals surface area contributed by atoms with Crippen molar-refractivity contribution in [1.82, 2.24) is 9.78 Å². The van der Waals surface area contributed by atoms with E-state index in [1.807, 2.05) is 13.8 Å². The molecule has 7 nitrogen and oxygen atoms in total. The number of nitrogens with zero attached hydrogens (tertiary/aromatic N) is 2. The van der Waals surface area contributed by atoms with Gasteiger partial charge in [-0.2, -0.15) is 0 Å². The Morgan fingerprint density at radius 2 is 1.81 bits per heavy atom.